The number of carbonyl (C=O) groups is 1. The van der Waals surface area contributed by atoms with Gasteiger partial charge in [-0.25, -0.2) is 4.98 Å². The molecule has 2 aromatic heterocycles. The number of hydrogen-bond acceptors (Lipinski definition) is 7. The number of phenolic OH excluding ortho intramolecular Hbond substituents is 1. The summed E-state index contributed by atoms with van der Waals surface area (Å²) in [5.41, 5.74) is 5.52. The molecule has 0 bridgehead atoms. The van der Waals surface area contributed by atoms with Gasteiger partial charge in [-0.3, -0.25) is 9.36 Å². The summed E-state index contributed by atoms with van der Waals surface area (Å²) < 4.78 is 1.89. The van der Waals surface area contributed by atoms with E-state index in [1.807, 2.05) is 73.9 Å². The zero-order chi connectivity index (χ0) is 25.9. The standard InChI is InChI=1S/C28H25N5O2S2/c1-17-13-14-22(18(2)15-17)33-26(21-11-7-8-12-23(21)34)31-32-28(33)36-16-24(35)29-27-30-25(19(3)37-27)20-9-5-4-6-10-20/h4-15,34H,16H2,1-3H3,(H,29,30,35). The second-order valence-corrected chi connectivity index (χ2v) is 10.7. The first-order valence-corrected chi connectivity index (χ1v) is 13.5. The summed E-state index contributed by atoms with van der Waals surface area (Å²) in [7, 11) is 0. The second kappa shape index (κ2) is 10.6. The summed E-state index contributed by atoms with van der Waals surface area (Å²) in [5, 5.41) is 23.3. The SMILES string of the molecule is Cc1ccc(-n2c(SCC(=O)Nc3nc(-c4ccccc4)c(C)s3)nnc2-c2ccccc2O)c(C)c1. The van der Waals surface area contributed by atoms with Crippen LogP contribution in [-0.4, -0.2) is 36.5 Å². The van der Waals surface area contributed by atoms with Gasteiger partial charge in [-0.2, -0.15) is 0 Å². The van der Waals surface area contributed by atoms with Crippen molar-refractivity contribution in [1.29, 1.82) is 0 Å². The summed E-state index contributed by atoms with van der Waals surface area (Å²) in [4.78, 5) is 18.5. The highest BCUT2D eigenvalue weighted by Crippen LogP contribution is 2.34. The van der Waals surface area contributed by atoms with Gasteiger partial charge in [-0.15, -0.1) is 21.5 Å². The smallest absolute Gasteiger partial charge is 0.236 e. The predicted octanol–water partition coefficient (Wildman–Crippen LogP) is 6.42. The average molecular weight is 528 g/mol. The fourth-order valence-electron chi connectivity index (χ4n) is 4.07. The molecule has 0 atom stereocenters. The molecule has 0 aliphatic rings. The zero-order valence-electron chi connectivity index (χ0n) is 20.6. The van der Waals surface area contributed by atoms with Gasteiger partial charge in [-0.05, 0) is 44.5 Å². The van der Waals surface area contributed by atoms with E-state index in [4.69, 9.17) is 0 Å². The third-order valence-corrected chi connectivity index (χ3v) is 7.61. The van der Waals surface area contributed by atoms with Crippen LogP contribution in [0.3, 0.4) is 0 Å². The number of nitrogens with one attached hydrogen (secondary N) is 1. The van der Waals surface area contributed by atoms with E-state index in [1.54, 1.807) is 18.2 Å². The molecule has 0 aliphatic carbocycles. The molecule has 5 rings (SSSR count). The van der Waals surface area contributed by atoms with E-state index in [9.17, 15) is 9.90 Å². The molecule has 0 radical (unpaired) electrons. The van der Waals surface area contributed by atoms with Gasteiger partial charge in [0.2, 0.25) is 5.91 Å². The van der Waals surface area contributed by atoms with E-state index in [-0.39, 0.29) is 17.4 Å². The van der Waals surface area contributed by atoms with Crippen LogP contribution in [0, 0.1) is 20.8 Å². The van der Waals surface area contributed by atoms with Crippen LogP contribution in [0.25, 0.3) is 28.3 Å². The minimum absolute atomic E-state index is 0.114. The molecule has 0 fully saturated rings. The molecule has 0 saturated heterocycles. The van der Waals surface area contributed by atoms with Crippen molar-refractivity contribution in [2.45, 2.75) is 25.9 Å². The van der Waals surface area contributed by atoms with Gasteiger partial charge in [0.05, 0.1) is 22.7 Å². The van der Waals surface area contributed by atoms with Crippen LogP contribution < -0.4 is 5.32 Å². The van der Waals surface area contributed by atoms with Crippen LogP contribution in [0.4, 0.5) is 5.13 Å². The Kier molecular flexibility index (Phi) is 7.07. The number of carbonyl (C=O) groups excluding carboxylic acids is 1. The van der Waals surface area contributed by atoms with E-state index >= 15 is 0 Å². The van der Waals surface area contributed by atoms with Crippen LogP contribution in [0.15, 0.2) is 78.0 Å². The molecular weight excluding hydrogens is 502 g/mol. The van der Waals surface area contributed by atoms with Gasteiger partial charge >= 0.3 is 0 Å². The van der Waals surface area contributed by atoms with Crippen molar-refractivity contribution in [1.82, 2.24) is 19.7 Å². The third kappa shape index (κ3) is 5.28. The molecule has 5 aromatic rings. The fourth-order valence-corrected chi connectivity index (χ4v) is 5.67. The maximum absolute atomic E-state index is 12.9. The Hall–Kier alpha value is -3.95. The Labute approximate surface area is 223 Å². The molecule has 0 unspecified atom stereocenters. The second-order valence-electron chi connectivity index (χ2n) is 8.58. The number of nitrogens with zero attached hydrogens (tertiary/aromatic N) is 4. The summed E-state index contributed by atoms with van der Waals surface area (Å²) in [6.45, 7) is 6.06. The largest absolute Gasteiger partial charge is 0.507 e. The summed E-state index contributed by atoms with van der Waals surface area (Å²) >= 11 is 2.74. The average Bonchev–Trinajstić information content (AvgIpc) is 3.46. The van der Waals surface area contributed by atoms with E-state index in [0.29, 0.717) is 21.7 Å². The number of aromatic nitrogens is 4. The first-order valence-electron chi connectivity index (χ1n) is 11.7. The normalized spacial score (nSPS) is 11.0. The lowest BCUT2D eigenvalue weighted by Crippen LogP contribution is -2.14. The van der Waals surface area contributed by atoms with Crippen LogP contribution in [0.1, 0.15) is 16.0 Å². The lowest BCUT2D eigenvalue weighted by atomic mass is 10.1. The van der Waals surface area contributed by atoms with E-state index in [0.717, 1.165) is 32.9 Å². The van der Waals surface area contributed by atoms with Crippen molar-refractivity contribution in [3.63, 3.8) is 0 Å². The Morgan fingerprint density at radius 3 is 2.51 bits per heavy atom. The molecule has 2 heterocycles. The number of hydrogen-bond donors (Lipinski definition) is 2. The predicted molar refractivity (Wildman–Crippen MR) is 150 cm³/mol. The first-order chi connectivity index (χ1) is 17.9. The number of phenols is 1. The van der Waals surface area contributed by atoms with Crippen molar-refractivity contribution in [2.75, 3.05) is 11.1 Å². The lowest BCUT2D eigenvalue weighted by molar-refractivity contribution is -0.113. The van der Waals surface area contributed by atoms with E-state index in [1.165, 1.54) is 23.1 Å². The number of aryl methyl sites for hydroxylation is 3. The third-order valence-electron chi connectivity index (χ3n) is 5.79. The number of amides is 1. The molecule has 7 nitrogen and oxygen atoms in total. The molecular formula is C28H25N5O2S2. The van der Waals surface area contributed by atoms with Crippen LogP contribution in [0.2, 0.25) is 0 Å². The molecule has 9 heteroatoms. The maximum atomic E-state index is 12.9. The minimum Gasteiger partial charge on any atom is -0.507 e. The number of aromatic hydroxyl groups is 1. The first kappa shape index (κ1) is 24.7. The number of rotatable bonds is 7. The van der Waals surface area contributed by atoms with Gasteiger partial charge in [0.1, 0.15) is 5.75 Å². The molecule has 3 aromatic carbocycles. The topological polar surface area (TPSA) is 92.9 Å². The molecule has 1 amide bonds. The summed E-state index contributed by atoms with van der Waals surface area (Å²) in [5.74, 6) is 0.570. The fraction of sp³-hybridized carbons (Fsp3) is 0.143. The Morgan fingerprint density at radius 1 is 1.00 bits per heavy atom. The van der Waals surface area contributed by atoms with Crippen molar-refractivity contribution in [2.24, 2.45) is 0 Å². The van der Waals surface area contributed by atoms with Crippen molar-refractivity contribution >= 4 is 34.1 Å². The minimum atomic E-state index is -0.183. The highest BCUT2D eigenvalue weighted by molar-refractivity contribution is 7.99. The van der Waals surface area contributed by atoms with Gasteiger partial charge in [-0.1, -0.05) is 71.9 Å². The quantitative estimate of drug-likeness (QED) is 0.237. The highest BCUT2D eigenvalue weighted by atomic mass is 32.2. The summed E-state index contributed by atoms with van der Waals surface area (Å²) in [6.07, 6.45) is 0. The van der Waals surface area contributed by atoms with E-state index in [2.05, 4.69) is 26.6 Å². The van der Waals surface area contributed by atoms with Crippen LogP contribution >= 0.6 is 23.1 Å². The number of para-hydroxylation sites is 1. The van der Waals surface area contributed by atoms with E-state index < -0.39 is 0 Å². The van der Waals surface area contributed by atoms with Gasteiger partial charge in [0.15, 0.2) is 16.1 Å². The number of anilines is 1. The monoisotopic (exact) mass is 527 g/mol. The van der Waals surface area contributed by atoms with Crippen molar-refractivity contribution in [3.8, 4) is 34.1 Å². The maximum Gasteiger partial charge on any atom is 0.236 e. The molecule has 0 aliphatic heterocycles. The zero-order valence-corrected chi connectivity index (χ0v) is 22.2. The van der Waals surface area contributed by atoms with Gasteiger partial charge in [0.25, 0.3) is 0 Å². The Bertz CT molecular complexity index is 1580. The van der Waals surface area contributed by atoms with Crippen molar-refractivity contribution < 1.29 is 9.90 Å². The molecule has 186 valence electrons. The molecule has 37 heavy (non-hydrogen) atoms. The lowest BCUT2D eigenvalue weighted by Gasteiger charge is -2.14. The summed E-state index contributed by atoms with van der Waals surface area (Å²) in [6, 6.07) is 23.1. The highest BCUT2D eigenvalue weighted by Gasteiger charge is 2.21. The molecule has 0 saturated carbocycles. The number of thioether (sulfide) groups is 1. The van der Waals surface area contributed by atoms with Gasteiger partial charge in [0, 0.05) is 10.4 Å². The van der Waals surface area contributed by atoms with Gasteiger partial charge < -0.3 is 10.4 Å². The molecule has 2 N–H and O–H groups in total. The van der Waals surface area contributed by atoms with Crippen molar-refractivity contribution in [3.05, 3.63) is 88.8 Å². The Balaban J connectivity index is 1.40. The molecule has 0 spiro atoms. The number of thiazole rings is 1. The number of benzene rings is 3. The van der Waals surface area contributed by atoms with Crippen LogP contribution in [0.5, 0.6) is 5.75 Å². The Morgan fingerprint density at radius 2 is 1.76 bits per heavy atom. The van der Waals surface area contributed by atoms with Crippen LogP contribution in [-0.2, 0) is 4.79 Å².